The van der Waals surface area contributed by atoms with Crippen LogP contribution in [0.15, 0.2) is 22.9 Å². The maximum atomic E-state index is 4.74. The second kappa shape index (κ2) is 6.83. The minimum absolute atomic E-state index is 0.723. The highest BCUT2D eigenvalue weighted by molar-refractivity contribution is 7.14. The lowest BCUT2D eigenvalue weighted by atomic mass is 9.86. The number of nitrogens with zero attached hydrogens (tertiary/aromatic N) is 1. The van der Waals surface area contributed by atoms with Crippen molar-refractivity contribution in [2.24, 2.45) is 5.92 Å². The highest BCUT2D eigenvalue weighted by Crippen LogP contribution is 2.26. The molecule has 3 rings (SSSR count). The highest BCUT2D eigenvalue weighted by atomic mass is 32.1. The van der Waals surface area contributed by atoms with E-state index >= 15 is 0 Å². The maximum absolute atomic E-state index is 4.74. The average molecular weight is 306 g/mol. The molecule has 1 N–H and O–H groups in total. The van der Waals surface area contributed by atoms with Crippen LogP contribution in [0.2, 0.25) is 0 Å². The summed E-state index contributed by atoms with van der Waals surface area (Å²) in [6, 6.07) is 4.96. The summed E-state index contributed by atoms with van der Waals surface area (Å²) in [5, 5.41) is 9.28. The van der Waals surface area contributed by atoms with Crippen LogP contribution in [-0.2, 0) is 6.42 Å². The van der Waals surface area contributed by atoms with Crippen molar-refractivity contribution in [3.63, 3.8) is 0 Å². The van der Waals surface area contributed by atoms with E-state index in [0.29, 0.717) is 0 Å². The summed E-state index contributed by atoms with van der Waals surface area (Å²) in [6.45, 7) is 3.45. The zero-order valence-corrected chi connectivity index (χ0v) is 13.6. The van der Waals surface area contributed by atoms with Crippen LogP contribution in [0.1, 0.15) is 37.6 Å². The Morgan fingerprint density at radius 3 is 3.00 bits per heavy atom. The van der Waals surface area contributed by atoms with Crippen LogP contribution >= 0.6 is 22.7 Å². The van der Waals surface area contributed by atoms with E-state index in [9.17, 15) is 0 Å². The standard InChI is InChI=1S/C16H22N2S2/c1-12-5-2-3-6-13(12)17-9-8-16-18-14(11-20-16)15-7-4-10-19-15/h4,7,10-13,17H,2-3,5-6,8-9H2,1H3. The fourth-order valence-corrected chi connectivity index (χ4v) is 4.51. The predicted molar refractivity (Wildman–Crippen MR) is 88.6 cm³/mol. The Kier molecular flexibility index (Phi) is 4.86. The Labute approximate surface area is 129 Å². The van der Waals surface area contributed by atoms with Crippen molar-refractivity contribution in [1.82, 2.24) is 10.3 Å². The van der Waals surface area contributed by atoms with Gasteiger partial charge in [-0.15, -0.1) is 22.7 Å². The van der Waals surface area contributed by atoms with Crippen molar-refractivity contribution in [3.8, 4) is 10.6 Å². The molecule has 0 amide bonds. The minimum Gasteiger partial charge on any atom is -0.313 e. The molecule has 2 aromatic rings. The summed E-state index contributed by atoms with van der Waals surface area (Å²) in [7, 11) is 0. The SMILES string of the molecule is CC1CCCCC1NCCc1nc(-c2cccs2)cs1. The highest BCUT2D eigenvalue weighted by Gasteiger charge is 2.20. The van der Waals surface area contributed by atoms with E-state index in [2.05, 4.69) is 35.1 Å². The van der Waals surface area contributed by atoms with Crippen molar-refractivity contribution in [2.75, 3.05) is 6.54 Å². The summed E-state index contributed by atoms with van der Waals surface area (Å²) >= 11 is 3.56. The molecule has 0 bridgehead atoms. The van der Waals surface area contributed by atoms with Crippen LogP contribution < -0.4 is 5.32 Å². The summed E-state index contributed by atoms with van der Waals surface area (Å²) in [4.78, 5) is 6.02. The van der Waals surface area contributed by atoms with Crippen molar-refractivity contribution in [2.45, 2.75) is 45.1 Å². The van der Waals surface area contributed by atoms with Gasteiger partial charge in [0.2, 0.25) is 0 Å². The molecule has 1 saturated carbocycles. The van der Waals surface area contributed by atoms with Gasteiger partial charge in [-0.1, -0.05) is 25.8 Å². The third kappa shape index (κ3) is 3.48. The van der Waals surface area contributed by atoms with Gasteiger partial charge in [-0.2, -0.15) is 0 Å². The fourth-order valence-electron chi connectivity index (χ4n) is 2.95. The molecule has 0 saturated heterocycles. The van der Waals surface area contributed by atoms with Crippen LogP contribution in [0, 0.1) is 5.92 Å². The van der Waals surface area contributed by atoms with E-state index in [1.54, 1.807) is 22.7 Å². The monoisotopic (exact) mass is 306 g/mol. The van der Waals surface area contributed by atoms with Crippen molar-refractivity contribution in [1.29, 1.82) is 0 Å². The van der Waals surface area contributed by atoms with Crippen molar-refractivity contribution < 1.29 is 0 Å². The average Bonchev–Trinajstić information content (AvgIpc) is 3.11. The Balaban J connectivity index is 1.49. The molecule has 20 heavy (non-hydrogen) atoms. The van der Waals surface area contributed by atoms with Gasteiger partial charge in [-0.05, 0) is 30.2 Å². The fraction of sp³-hybridized carbons (Fsp3) is 0.562. The van der Waals surface area contributed by atoms with E-state index in [1.807, 2.05) is 0 Å². The topological polar surface area (TPSA) is 24.9 Å². The largest absolute Gasteiger partial charge is 0.313 e. The molecule has 0 aromatic carbocycles. The second-order valence-corrected chi connectivity index (χ2v) is 7.57. The molecular weight excluding hydrogens is 284 g/mol. The first-order chi connectivity index (χ1) is 9.83. The van der Waals surface area contributed by atoms with E-state index < -0.39 is 0 Å². The van der Waals surface area contributed by atoms with Gasteiger partial charge < -0.3 is 5.32 Å². The van der Waals surface area contributed by atoms with Crippen LogP contribution in [0.5, 0.6) is 0 Å². The number of thiophene rings is 1. The van der Waals surface area contributed by atoms with Gasteiger partial charge in [0.15, 0.2) is 0 Å². The Morgan fingerprint density at radius 2 is 2.20 bits per heavy atom. The minimum atomic E-state index is 0.723. The molecule has 2 aromatic heterocycles. The Bertz CT molecular complexity index is 518. The van der Waals surface area contributed by atoms with E-state index in [0.717, 1.165) is 30.6 Å². The van der Waals surface area contributed by atoms with Crippen molar-refractivity contribution >= 4 is 22.7 Å². The smallest absolute Gasteiger partial charge is 0.0945 e. The van der Waals surface area contributed by atoms with Crippen LogP contribution in [0.25, 0.3) is 10.6 Å². The first-order valence-electron chi connectivity index (χ1n) is 7.54. The summed E-state index contributed by atoms with van der Waals surface area (Å²) in [6.07, 6.45) is 6.59. The van der Waals surface area contributed by atoms with Crippen LogP contribution in [0.3, 0.4) is 0 Å². The number of aromatic nitrogens is 1. The molecule has 2 heterocycles. The van der Waals surface area contributed by atoms with Gasteiger partial charge in [-0.25, -0.2) is 4.98 Å². The molecule has 0 aliphatic heterocycles. The first kappa shape index (κ1) is 14.2. The molecule has 2 unspecified atom stereocenters. The normalized spacial score (nSPS) is 23.1. The molecule has 2 atom stereocenters. The summed E-state index contributed by atoms with van der Waals surface area (Å²) < 4.78 is 0. The Morgan fingerprint density at radius 1 is 1.30 bits per heavy atom. The summed E-state index contributed by atoms with van der Waals surface area (Å²) in [5.74, 6) is 0.835. The van der Waals surface area contributed by atoms with E-state index in [4.69, 9.17) is 4.98 Å². The predicted octanol–water partition coefficient (Wildman–Crippen LogP) is 4.58. The molecule has 2 nitrogen and oxygen atoms in total. The van der Waals surface area contributed by atoms with E-state index in [1.165, 1.54) is 35.6 Å². The zero-order chi connectivity index (χ0) is 13.8. The third-order valence-electron chi connectivity index (χ3n) is 4.18. The third-order valence-corrected chi connectivity index (χ3v) is 5.98. The molecule has 108 valence electrons. The molecular formula is C16H22N2S2. The van der Waals surface area contributed by atoms with Gasteiger partial charge in [0.25, 0.3) is 0 Å². The zero-order valence-electron chi connectivity index (χ0n) is 12.0. The van der Waals surface area contributed by atoms with Gasteiger partial charge in [0.05, 0.1) is 15.6 Å². The first-order valence-corrected chi connectivity index (χ1v) is 9.30. The van der Waals surface area contributed by atoms with E-state index in [-0.39, 0.29) is 0 Å². The van der Waals surface area contributed by atoms with Crippen LogP contribution in [-0.4, -0.2) is 17.6 Å². The molecule has 1 aliphatic rings. The quantitative estimate of drug-likeness (QED) is 0.874. The number of nitrogens with one attached hydrogen (secondary N) is 1. The molecule has 1 fully saturated rings. The van der Waals surface area contributed by atoms with Gasteiger partial charge in [0, 0.05) is 24.4 Å². The molecule has 1 aliphatic carbocycles. The lowest BCUT2D eigenvalue weighted by molar-refractivity contribution is 0.282. The number of thiazole rings is 1. The van der Waals surface area contributed by atoms with Crippen LogP contribution in [0.4, 0.5) is 0 Å². The molecule has 0 radical (unpaired) electrons. The lowest BCUT2D eigenvalue weighted by Crippen LogP contribution is -2.38. The van der Waals surface area contributed by atoms with Gasteiger partial charge in [0.1, 0.15) is 0 Å². The van der Waals surface area contributed by atoms with Gasteiger partial charge >= 0.3 is 0 Å². The second-order valence-electron chi connectivity index (χ2n) is 5.68. The molecule has 0 spiro atoms. The number of rotatable bonds is 5. The number of hydrogen-bond donors (Lipinski definition) is 1. The van der Waals surface area contributed by atoms with Gasteiger partial charge in [-0.3, -0.25) is 0 Å². The molecule has 4 heteroatoms. The summed E-state index contributed by atoms with van der Waals surface area (Å²) in [5.41, 5.74) is 1.14. The Hall–Kier alpha value is -0.710. The maximum Gasteiger partial charge on any atom is 0.0945 e. The van der Waals surface area contributed by atoms with Crippen molar-refractivity contribution in [3.05, 3.63) is 27.9 Å². The lowest BCUT2D eigenvalue weighted by Gasteiger charge is -2.29. The number of hydrogen-bond acceptors (Lipinski definition) is 4.